The number of hydrogen-bond donors (Lipinski definition) is 0. The lowest BCUT2D eigenvalue weighted by molar-refractivity contribution is -0.128. The first-order chi connectivity index (χ1) is 15.4. The highest BCUT2D eigenvalue weighted by atomic mass is 32.2. The van der Waals surface area contributed by atoms with Crippen LogP contribution >= 0.6 is 0 Å². The van der Waals surface area contributed by atoms with Gasteiger partial charge in [0.2, 0.25) is 16.1 Å². The molecule has 5 rings (SSSR count). The standard InChI is InChI=1S/C23H24FN3O4S/c24-18-7-3-5-16(13-18)20-15-22(31-25-20)23(28)27-12-4-6-17-14-19(8-9-21(17)27)32(29,30)26-10-1-2-11-26/h3,5,7-9,13-14,22H,1-2,4,6,10-12,15H2. The molecule has 1 amide bonds. The number of carbonyl (C=O) groups excluding carboxylic acids is 1. The minimum atomic E-state index is -3.51. The summed E-state index contributed by atoms with van der Waals surface area (Å²) in [5.74, 6) is -0.596. The highest BCUT2D eigenvalue weighted by molar-refractivity contribution is 7.89. The number of rotatable bonds is 4. The maximum Gasteiger partial charge on any atom is 0.271 e. The minimum Gasteiger partial charge on any atom is -0.382 e. The second kappa shape index (κ2) is 8.29. The number of halogens is 1. The largest absolute Gasteiger partial charge is 0.382 e. The van der Waals surface area contributed by atoms with Crippen molar-refractivity contribution in [3.8, 4) is 0 Å². The maximum absolute atomic E-state index is 13.5. The van der Waals surface area contributed by atoms with Crippen LogP contribution in [-0.2, 0) is 26.1 Å². The summed E-state index contributed by atoms with van der Waals surface area (Å²) in [5.41, 5.74) is 2.68. The summed E-state index contributed by atoms with van der Waals surface area (Å²) in [6.07, 6.45) is 2.68. The summed E-state index contributed by atoms with van der Waals surface area (Å²) in [7, 11) is -3.51. The zero-order chi connectivity index (χ0) is 22.3. The highest BCUT2D eigenvalue weighted by Crippen LogP contribution is 2.33. The van der Waals surface area contributed by atoms with Gasteiger partial charge in [0.1, 0.15) is 5.82 Å². The van der Waals surface area contributed by atoms with E-state index in [1.807, 2.05) is 0 Å². The molecule has 3 heterocycles. The van der Waals surface area contributed by atoms with Crippen molar-refractivity contribution in [2.75, 3.05) is 24.5 Å². The lowest BCUT2D eigenvalue weighted by atomic mass is 9.99. The average Bonchev–Trinajstić information content (AvgIpc) is 3.51. The summed E-state index contributed by atoms with van der Waals surface area (Å²) in [4.78, 5) is 20.6. The van der Waals surface area contributed by atoms with Gasteiger partial charge in [-0.05, 0) is 61.6 Å². The number of carbonyl (C=O) groups is 1. The number of amides is 1. The van der Waals surface area contributed by atoms with Crippen molar-refractivity contribution >= 4 is 27.3 Å². The van der Waals surface area contributed by atoms with Crippen LogP contribution in [0, 0.1) is 5.82 Å². The molecule has 0 bridgehead atoms. The van der Waals surface area contributed by atoms with Crippen molar-refractivity contribution in [3.63, 3.8) is 0 Å². The normalized spacial score (nSPS) is 21.2. The molecule has 7 nitrogen and oxygen atoms in total. The molecule has 0 radical (unpaired) electrons. The average molecular weight is 458 g/mol. The molecule has 2 aromatic carbocycles. The van der Waals surface area contributed by atoms with E-state index < -0.39 is 16.1 Å². The molecule has 1 fully saturated rings. The van der Waals surface area contributed by atoms with Crippen LogP contribution in [0.3, 0.4) is 0 Å². The zero-order valence-corrected chi connectivity index (χ0v) is 18.4. The number of hydrogen-bond acceptors (Lipinski definition) is 5. The first-order valence-electron chi connectivity index (χ1n) is 10.9. The molecule has 0 aliphatic carbocycles. The predicted molar refractivity (Wildman–Crippen MR) is 118 cm³/mol. The maximum atomic E-state index is 13.5. The fourth-order valence-corrected chi connectivity index (χ4v) is 6.13. The van der Waals surface area contributed by atoms with Gasteiger partial charge in [-0.2, -0.15) is 4.31 Å². The smallest absolute Gasteiger partial charge is 0.271 e. The van der Waals surface area contributed by atoms with Crippen molar-refractivity contribution in [1.82, 2.24) is 4.31 Å². The van der Waals surface area contributed by atoms with Crippen LogP contribution in [0.25, 0.3) is 0 Å². The molecule has 3 aliphatic rings. The Hall–Kier alpha value is -2.78. The molecule has 0 spiro atoms. The SMILES string of the molecule is O=C(C1CC(c2cccc(F)c2)=NO1)N1CCCc2cc(S(=O)(=O)N3CCCC3)ccc21. The van der Waals surface area contributed by atoms with Gasteiger partial charge < -0.3 is 9.74 Å². The molecule has 0 aromatic heterocycles. The van der Waals surface area contributed by atoms with E-state index in [2.05, 4.69) is 5.16 Å². The molecule has 168 valence electrons. The number of sulfonamides is 1. The molecule has 2 aromatic rings. The van der Waals surface area contributed by atoms with Crippen LogP contribution in [0.2, 0.25) is 0 Å². The number of aryl methyl sites for hydroxylation is 1. The van der Waals surface area contributed by atoms with E-state index in [1.54, 1.807) is 35.2 Å². The molecular weight excluding hydrogens is 433 g/mol. The molecule has 9 heteroatoms. The molecule has 0 N–H and O–H groups in total. The first-order valence-corrected chi connectivity index (χ1v) is 12.3. The van der Waals surface area contributed by atoms with Gasteiger partial charge in [0, 0.05) is 37.3 Å². The first kappa shape index (κ1) is 21.1. The zero-order valence-electron chi connectivity index (χ0n) is 17.5. The summed E-state index contributed by atoms with van der Waals surface area (Å²) >= 11 is 0. The Bertz CT molecular complexity index is 1190. The monoisotopic (exact) mass is 457 g/mol. The van der Waals surface area contributed by atoms with Crippen LogP contribution in [-0.4, -0.2) is 50.1 Å². The summed E-state index contributed by atoms with van der Waals surface area (Å²) in [5, 5.41) is 4.01. The van der Waals surface area contributed by atoms with Gasteiger partial charge in [0.15, 0.2) is 0 Å². The highest BCUT2D eigenvalue weighted by Gasteiger charge is 2.36. The second-order valence-electron chi connectivity index (χ2n) is 8.34. The molecule has 1 unspecified atom stereocenters. The third kappa shape index (κ3) is 3.80. The van der Waals surface area contributed by atoms with Crippen molar-refractivity contribution in [1.29, 1.82) is 0 Å². The topological polar surface area (TPSA) is 79.3 Å². The third-order valence-corrected chi connectivity index (χ3v) is 8.14. The van der Waals surface area contributed by atoms with E-state index in [4.69, 9.17) is 4.84 Å². The Morgan fingerprint density at radius 3 is 2.66 bits per heavy atom. The van der Waals surface area contributed by atoms with Gasteiger partial charge >= 0.3 is 0 Å². The van der Waals surface area contributed by atoms with Crippen molar-refractivity contribution in [2.24, 2.45) is 5.16 Å². The van der Waals surface area contributed by atoms with Crippen LogP contribution < -0.4 is 4.90 Å². The van der Waals surface area contributed by atoms with Gasteiger partial charge in [-0.1, -0.05) is 17.3 Å². The fourth-order valence-electron chi connectivity index (χ4n) is 4.56. The lowest BCUT2D eigenvalue weighted by Gasteiger charge is -2.31. The Morgan fingerprint density at radius 1 is 1.06 bits per heavy atom. The van der Waals surface area contributed by atoms with Gasteiger partial charge in [0.05, 0.1) is 10.6 Å². The molecule has 0 saturated carbocycles. The summed E-state index contributed by atoms with van der Waals surface area (Å²) < 4.78 is 40.9. The van der Waals surface area contributed by atoms with E-state index in [1.165, 1.54) is 16.4 Å². The van der Waals surface area contributed by atoms with Crippen molar-refractivity contribution in [2.45, 2.75) is 43.1 Å². The number of fused-ring (bicyclic) bond motifs is 1. The van der Waals surface area contributed by atoms with Crippen molar-refractivity contribution in [3.05, 3.63) is 59.4 Å². The Kier molecular flexibility index (Phi) is 5.46. The van der Waals surface area contributed by atoms with E-state index >= 15 is 0 Å². The molecule has 1 saturated heterocycles. The predicted octanol–water partition coefficient (Wildman–Crippen LogP) is 3.08. The van der Waals surface area contributed by atoms with Crippen LogP contribution in [0.15, 0.2) is 52.5 Å². The number of anilines is 1. The molecular formula is C23H24FN3O4S. The van der Waals surface area contributed by atoms with Crippen LogP contribution in [0.5, 0.6) is 0 Å². The van der Waals surface area contributed by atoms with Gasteiger partial charge in [-0.15, -0.1) is 0 Å². The Morgan fingerprint density at radius 2 is 1.88 bits per heavy atom. The van der Waals surface area contributed by atoms with Crippen LogP contribution in [0.1, 0.15) is 36.8 Å². The van der Waals surface area contributed by atoms with E-state index in [9.17, 15) is 17.6 Å². The number of benzene rings is 2. The summed E-state index contributed by atoms with van der Waals surface area (Å²) in [6.45, 7) is 1.63. The Balaban J connectivity index is 1.35. The second-order valence-corrected chi connectivity index (χ2v) is 10.3. The van der Waals surface area contributed by atoms with E-state index in [0.29, 0.717) is 43.0 Å². The molecule has 1 atom stereocenters. The quantitative estimate of drug-likeness (QED) is 0.707. The van der Waals surface area contributed by atoms with Crippen molar-refractivity contribution < 1.29 is 22.4 Å². The summed E-state index contributed by atoms with van der Waals surface area (Å²) in [6, 6.07) is 11.1. The fraction of sp³-hybridized carbons (Fsp3) is 0.391. The van der Waals surface area contributed by atoms with Gasteiger partial charge in [0.25, 0.3) is 5.91 Å². The number of oxime groups is 1. The van der Waals surface area contributed by atoms with Crippen LogP contribution in [0.4, 0.5) is 10.1 Å². The molecule has 3 aliphatic heterocycles. The van der Waals surface area contributed by atoms with Gasteiger partial charge in [-0.3, -0.25) is 4.79 Å². The minimum absolute atomic E-state index is 0.226. The van der Waals surface area contributed by atoms with E-state index in [-0.39, 0.29) is 23.0 Å². The number of nitrogens with zero attached hydrogens (tertiary/aromatic N) is 3. The Labute approximate surface area is 186 Å². The molecule has 32 heavy (non-hydrogen) atoms. The van der Waals surface area contributed by atoms with Gasteiger partial charge in [-0.25, -0.2) is 12.8 Å². The third-order valence-electron chi connectivity index (χ3n) is 6.24. The lowest BCUT2D eigenvalue weighted by Crippen LogP contribution is -2.42. The van der Waals surface area contributed by atoms with E-state index in [0.717, 1.165) is 24.8 Å².